The van der Waals surface area contributed by atoms with E-state index in [1.54, 1.807) is 0 Å². The van der Waals surface area contributed by atoms with Crippen molar-refractivity contribution >= 4 is 38.8 Å². The Kier molecular flexibility index (Phi) is 5.89. The Labute approximate surface area is 158 Å². The Morgan fingerprint density at radius 1 is 1.08 bits per heavy atom. The number of nitrogens with zero attached hydrogens (tertiary/aromatic N) is 1. The molecule has 2 aromatic carbocycles. The summed E-state index contributed by atoms with van der Waals surface area (Å²) in [5, 5.41) is -0.189. The van der Waals surface area contributed by atoms with E-state index in [2.05, 4.69) is 4.36 Å². The number of alkyl halides is 3. The predicted octanol–water partition coefficient (Wildman–Crippen LogP) is 5.67. The monoisotopic (exact) mass is 425 g/mol. The maximum atomic E-state index is 12.7. The van der Waals surface area contributed by atoms with E-state index >= 15 is 0 Å². The van der Waals surface area contributed by atoms with E-state index in [1.807, 2.05) is 0 Å². The van der Waals surface area contributed by atoms with E-state index in [0.717, 1.165) is 18.2 Å². The largest absolute Gasteiger partial charge is 0.456 e. The second-order valence-corrected chi connectivity index (χ2v) is 8.82. The molecule has 0 aliphatic heterocycles. The third kappa shape index (κ3) is 5.36. The number of hydrogen-bond acceptors (Lipinski definition) is 3. The molecule has 0 heterocycles. The highest BCUT2D eigenvalue weighted by Crippen LogP contribution is 2.37. The van der Waals surface area contributed by atoms with Crippen LogP contribution in [0.3, 0.4) is 0 Å². The Hall–Kier alpha value is -1.77. The Morgan fingerprint density at radius 3 is 2.27 bits per heavy atom. The summed E-state index contributed by atoms with van der Waals surface area (Å²) in [4.78, 5) is 12.1. The maximum Gasteiger partial charge on any atom is 0.416 e. The summed E-state index contributed by atoms with van der Waals surface area (Å²) in [6.07, 6.45) is -1.95. The molecule has 0 fully saturated rings. The van der Waals surface area contributed by atoms with Crippen molar-refractivity contribution in [3.8, 4) is 11.5 Å². The predicted molar refractivity (Wildman–Crippen MR) is 94.7 cm³/mol. The van der Waals surface area contributed by atoms with Gasteiger partial charge in [0.2, 0.25) is 0 Å². The van der Waals surface area contributed by atoms with Crippen LogP contribution in [0.1, 0.15) is 15.9 Å². The van der Waals surface area contributed by atoms with Crippen LogP contribution >= 0.6 is 23.2 Å². The van der Waals surface area contributed by atoms with E-state index in [-0.39, 0.29) is 27.1 Å². The van der Waals surface area contributed by atoms with Crippen molar-refractivity contribution in [2.24, 2.45) is 4.36 Å². The lowest BCUT2D eigenvalue weighted by molar-refractivity contribution is -0.137. The number of halogens is 5. The van der Waals surface area contributed by atoms with Crippen LogP contribution in [-0.2, 0) is 15.9 Å². The van der Waals surface area contributed by atoms with Gasteiger partial charge in [-0.2, -0.15) is 17.5 Å². The summed E-state index contributed by atoms with van der Waals surface area (Å²) < 4.78 is 58.6. The van der Waals surface area contributed by atoms with Gasteiger partial charge in [0.25, 0.3) is 5.91 Å². The average Bonchev–Trinajstić information content (AvgIpc) is 2.48. The average molecular weight is 426 g/mol. The summed E-state index contributed by atoms with van der Waals surface area (Å²) in [6, 6.07) is 6.62. The van der Waals surface area contributed by atoms with Gasteiger partial charge in [-0.3, -0.25) is 4.79 Å². The van der Waals surface area contributed by atoms with E-state index in [9.17, 15) is 22.2 Å². The zero-order valence-electron chi connectivity index (χ0n) is 13.4. The van der Waals surface area contributed by atoms with Crippen LogP contribution < -0.4 is 4.74 Å². The van der Waals surface area contributed by atoms with Crippen molar-refractivity contribution in [2.75, 3.05) is 12.5 Å². The molecule has 0 N–H and O–H groups in total. The summed E-state index contributed by atoms with van der Waals surface area (Å²) in [5.41, 5.74) is -0.968. The number of hydrogen-bond donors (Lipinski definition) is 0. The molecule has 0 saturated carbocycles. The first-order chi connectivity index (χ1) is 11.9. The van der Waals surface area contributed by atoms with Gasteiger partial charge in [-0.25, -0.2) is 4.21 Å². The highest BCUT2D eigenvalue weighted by atomic mass is 35.5. The fourth-order valence-corrected chi connectivity index (χ4v) is 2.78. The number of ether oxygens (including phenoxy) is 1. The van der Waals surface area contributed by atoms with Crippen molar-refractivity contribution in [3.05, 3.63) is 57.6 Å². The lowest BCUT2D eigenvalue weighted by Gasteiger charge is -2.12. The lowest BCUT2D eigenvalue weighted by Crippen LogP contribution is -2.04. The molecule has 0 atom stereocenters. The Bertz CT molecular complexity index is 975. The smallest absolute Gasteiger partial charge is 0.416 e. The zero-order chi connectivity index (χ0) is 19.7. The molecule has 0 saturated heterocycles. The summed E-state index contributed by atoms with van der Waals surface area (Å²) >= 11 is 11.8. The quantitative estimate of drug-likeness (QED) is 0.636. The van der Waals surface area contributed by atoms with Gasteiger partial charge >= 0.3 is 6.18 Å². The topological polar surface area (TPSA) is 55.7 Å². The van der Waals surface area contributed by atoms with E-state index < -0.39 is 27.4 Å². The van der Waals surface area contributed by atoms with Gasteiger partial charge in [-0.1, -0.05) is 23.2 Å². The van der Waals surface area contributed by atoms with Crippen LogP contribution in [0.15, 0.2) is 40.8 Å². The summed E-state index contributed by atoms with van der Waals surface area (Å²) in [6.45, 7) is 0. The fraction of sp³-hybridized carbons (Fsp3) is 0.188. The van der Waals surface area contributed by atoms with Gasteiger partial charge in [-0.05, 0) is 36.4 Å². The van der Waals surface area contributed by atoms with Gasteiger partial charge in [-0.15, -0.1) is 0 Å². The van der Waals surface area contributed by atoms with Crippen LogP contribution in [0.5, 0.6) is 11.5 Å². The second-order valence-electron chi connectivity index (χ2n) is 5.46. The minimum absolute atomic E-state index is 0.0351. The van der Waals surface area contributed by atoms with Gasteiger partial charge in [0.15, 0.2) is 0 Å². The standard InChI is InChI=1S/C16H12Cl2F3NO3S/c1-26(2,24)22-15(23)11-8-10(4-5-12(11)17)25-14-6-3-9(7-13(14)18)16(19,20)21/h3-8H,1-2H3. The molecule has 0 bridgehead atoms. The minimum Gasteiger partial charge on any atom is -0.456 e. The number of rotatable bonds is 3. The van der Waals surface area contributed by atoms with Crippen molar-refractivity contribution in [3.63, 3.8) is 0 Å². The highest BCUT2D eigenvalue weighted by Gasteiger charge is 2.31. The van der Waals surface area contributed by atoms with Crippen molar-refractivity contribution in [2.45, 2.75) is 6.18 Å². The number of amides is 1. The van der Waals surface area contributed by atoms with E-state index in [4.69, 9.17) is 27.9 Å². The normalized spacial score (nSPS) is 12.0. The van der Waals surface area contributed by atoms with Crippen LogP contribution in [0.2, 0.25) is 10.0 Å². The molecule has 10 heteroatoms. The third-order valence-corrected chi connectivity index (χ3v) is 4.19. The van der Waals surface area contributed by atoms with Gasteiger partial charge in [0.05, 0.1) is 21.2 Å². The number of carbonyl (C=O) groups is 1. The van der Waals surface area contributed by atoms with E-state index in [1.165, 1.54) is 30.7 Å². The second kappa shape index (κ2) is 7.46. The molecule has 140 valence electrons. The Morgan fingerprint density at radius 2 is 1.73 bits per heavy atom. The van der Waals surface area contributed by atoms with Crippen LogP contribution in [0.4, 0.5) is 13.2 Å². The molecule has 2 rings (SSSR count). The summed E-state index contributed by atoms with van der Waals surface area (Å²) in [7, 11) is -2.69. The van der Waals surface area contributed by atoms with Crippen LogP contribution in [0, 0.1) is 0 Å². The first-order valence-corrected chi connectivity index (χ1v) is 10.0. The zero-order valence-corrected chi connectivity index (χ0v) is 15.8. The van der Waals surface area contributed by atoms with E-state index in [0.29, 0.717) is 0 Å². The molecular weight excluding hydrogens is 414 g/mol. The molecule has 1 amide bonds. The first kappa shape index (κ1) is 20.5. The van der Waals surface area contributed by atoms with Crippen LogP contribution in [0.25, 0.3) is 0 Å². The molecule has 0 unspecified atom stereocenters. The molecule has 2 aromatic rings. The summed E-state index contributed by atoms with van der Waals surface area (Å²) in [5.74, 6) is -0.727. The van der Waals surface area contributed by atoms with Crippen molar-refractivity contribution in [1.82, 2.24) is 0 Å². The van der Waals surface area contributed by atoms with Crippen molar-refractivity contribution < 1.29 is 26.9 Å². The maximum absolute atomic E-state index is 12.7. The lowest BCUT2D eigenvalue weighted by atomic mass is 10.2. The molecule has 0 spiro atoms. The molecular formula is C16H12Cl2F3NO3S. The first-order valence-electron chi connectivity index (χ1n) is 6.92. The molecule has 0 aliphatic carbocycles. The van der Waals surface area contributed by atoms with Gasteiger partial charge in [0.1, 0.15) is 11.5 Å². The number of carbonyl (C=O) groups excluding carboxylic acids is 1. The molecule has 0 aliphatic rings. The SMILES string of the molecule is CS(C)(=O)=NC(=O)c1cc(Oc2ccc(C(F)(F)F)cc2Cl)ccc1Cl. The minimum atomic E-state index is -4.53. The van der Waals surface area contributed by atoms with Gasteiger partial charge in [0, 0.05) is 22.2 Å². The van der Waals surface area contributed by atoms with Crippen LogP contribution in [-0.4, -0.2) is 22.6 Å². The van der Waals surface area contributed by atoms with Crippen molar-refractivity contribution in [1.29, 1.82) is 0 Å². The van der Waals surface area contributed by atoms with Gasteiger partial charge < -0.3 is 4.74 Å². The molecule has 4 nitrogen and oxygen atoms in total. The molecule has 0 aromatic heterocycles. The fourth-order valence-electron chi connectivity index (χ4n) is 1.87. The number of benzene rings is 2. The molecule has 0 radical (unpaired) electrons. The molecule has 26 heavy (non-hydrogen) atoms. The third-order valence-electron chi connectivity index (χ3n) is 2.96. The highest BCUT2D eigenvalue weighted by molar-refractivity contribution is 7.92. The Balaban J connectivity index is 2.36.